The lowest BCUT2D eigenvalue weighted by Gasteiger charge is -2.18. The van der Waals surface area contributed by atoms with E-state index in [1.54, 1.807) is 13.8 Å². The van der Waals surface area contributed by atoms with Crippen LogP contribution in [0.5, 0.6) is 0 Å². The van der Waals surface area contributed by atoms with Gasteiger partial charge in [0, 0.05) is 0 Å². The second kappa shape index (κ2) is 3.06. The minimum atomic E-state index is -0.836. The summed E-state index contributed by atoms with van der Waals surface area (Å²) in [6, 6.07) is 0. The van der Waals surface area contributed by atoms with E-state index < -0.39 is 18.0 Å². The van der Waals surface area contributed by atoms with Gasteiger partial charge in [0.25, 0.3) is 0 Å². The molecule has 2 N–H and O–H groups in total. The predicted octanol–water partition coefficient (Wildman–Crippen LogP) is -0.509. The zero-order valence-corrected chi connectivity index (χ0v) is 6.78. The SMILES string of the molecule is CC1(C)OCC(C(O)CO)O1. The number of hydrogen-bond acceptors (Lipinski definition) is 4. The van der Waals surface area contributed by atoms with Gasteiger partial charge in [-0.1, -0.05) is 0 Å². The molecule has 1 rings (SSSR count). The molecule has 0 aliphatic carbocycles. The zero-order chi connectivity index (χ0) is 8.48. The Morgan fingerprint density at radius 3 is 2.64 bits per heavy atom. The molecule has 2 atom stereocenters. The number of aliphatic hydroxyl groups is 2. The van der Waals surface area contributed by atoms with Crippen molar-refractivity contribution in [2.45, 2.75) is 31.8 Å². The average Bonchev–Trinajstić information content (AvgIpc) is 2.29. The molecule has 4 nitrogen and oxygen atoms in total. The summed E-state index contributed by atoms with van der Waals surface area (Å²) in [6.45, 7) is 3.60. The Labute approximate surface area is 65.7 Å². The topological polar surface area (TPSA) is 58.9 Å². The molecule has 1 fully saturated rings. The predicted molar refractivity (Wildman–Crippen MR) is 38.0 cm³/mol. The van der Waals surface area contributed by atoms with Crippen molar-refractivity contribution in [3.8, 4) is 0 Å². The highest BCUT2D eigenvalue weighted by atomic mass is 16.7. The van der Waals surface area contributed by atoms with Crippen LogP contribution in [0, 0.1) is 0 Å². The minimum Gasteiger partial charge on any atom is -0.394 e. The van der Waals surface area contributed by atoms with E-state index >= 15 is 0 Å². The van der Waals surface area contributed by atoms with Crippen molar-refractivity contribution in [3.63, 3.8) is 0 Å². The highest BCUT2D eigenvalue weighted by molar-refractivity contribution is 4.76. The number of rotatable bonds is 2. The van der Waals surface area contributed by atoms with Crippen LogP contribution in [0.2, 0.25) is 0 Å². The van der Waals surface area contributed by atoms with Crippen LogP contribution in [0.1, 0.15) is 13.8 Å². The van der Waals surface area contributed by atoms with E-state index in [9.17, 15) is 0 Å². The van der Waals surface area contributed by atoms with Crippen LogP contribution in [-0.2, 0) is 9.47 Å². The second-order valence-electron chi connectivity index (χ2n) is 3.12. The standard InChI is InChI=1S/C7H14O4/c1-7(2)10-4-6(11-7)5(9)3-8/h5-6,8-9H,3-4H2,1-2H3. The van der Waals surface area contributed by atoms with Gasteiger partial charge in [-0.3, -0.25) is 0 Å². The van der Waals surface area contributed by atoms with Gasteiger partial charge in [0.2, 0.25) is 0 Å². The van der Waals surface area contributed by atoms with Crippen molar-refractivity contribution >= 4 is 0 Å². The van der Waals surface area contributed by atoms with Crippen LogP contribution in [-0.4, -0.2) is 41.4 Å². The minimum absolute atomic E-state index is 0.288. The first-order valence-electron chi connectivity index (χ1n) is 3.66. The number of aliphatic hydroxyl groups excluding tert-OH is 2. The smallest absolute Gasteiger partial charge is 0.163 e. The molecule has 11 heavy (non-hydrogen) atoms. The lowest BCUT2D eigenvalue weighted by molar-refractivity contribution is -0.153. The molecular weight excluding hydrogens is 148 g/mol. The quantitative estimate of drug-likeness (QED) is 0.574. The fourth-order valence-electron chi connectivity index (χ4n) is 1.02. The molecule has 4 heteroatoms. The van der Waals surface area contributed by atoms with E-state index in [0.29, 0.717) is 6.61 Å². The second-order valence-corrected chi connectivity index (χ2v) is 3.12. The first-order valence-corrected chi connectivity index (χ1v) is 3.66. The fraction of sp³-hybridized carbons (Fsp3) is 1.00. The molecule has 0 aromatic carbocycles. The maximum Gasteiger partial charge on any atom is 0.163 e. The third kappa shape index (κ3) is 2.13. The molecule has 2 unspecified atom stereocenters. The number of ether oxygens (including phenoxy) is 2. The first-order chi connectivity index (χ1) is 5.05. The Hall–Kier alpha value is -0.160. The van der Waals surface area contributed by atoms with E-state index in [-0.39, 0.29) is 6.61 Å². The lowest BCUT2D eigenvalue weighted by Crippen LogP contribution is -2.33. The summed E-state index contributed by atoms with van der Waals surface area (Å²) < 4.78 is 10.5. The van der Waals surface area contributed by atoms with Crippen molar-refractivity contribution in [3.05, 3.63) is 0 Å². The zero-order valence-electron chi connectivity index (χ0n) is 6.78. The van der Waals surface area contributed by atoms with Gasteiger partial charge in [-0.05, 0) is 13.8 Å². The fourth-order valence-corrected chi connectivity index (χ4v) is 1.02. The highest BCUT2D eigenvalue weighted by Crippen LogP contribution is 2.23. The van der Waals surface area contributed by atoms with Gasteiger partial charge < -0.3 is 19.7 Å². The van der Waals surface area contributed by atoms with Crippen LogP contribution < -0.4 is 0 Å². The highest BCUT2D eigenvalue weighted by Gasteiger charge is 2.36. The Balaban J connectivity index is 2.41. The van der Waals surface area contributed by atoms with Crippen LogP contribution in [0.25, 0.3) is 0 Å². The van der Waals surface area contributed by atoms with Gasteiger partial charge in [-0.2, -0.15) is 0 Å². The molecule has 0 aromatic rings. The lowest BCUT2D eigenvalue weighted by atomic mass is 10.2. The summed E-state index contributed by atoms with van der Waals surface area (Å²) >= 11 is 0. The Morgan fingerprint density at radius 2 is 2.27 bits per heavy atom. The molecule has 1 saturated heterocycles. The molecule has 0 aromatic heterocycles. The molecule has 0 amide bonds. The van der Waals surface area contributed by atoms with Gasteiger partial charge in [-0.15, -0.1) is 0 Å². The Kier molecular flexibility index (Phi) is 2.49. The normalized spacial score (nSPS) is 32.2. The average molecular weight is 162 g/mol. The van der Waals surface area contributed by atoms with Gasteiger partial charge in [0.1, 0.15) is 12.2 Å². The van der Waals surface area contributed by atoms with Crippen molar-refractivity contribution in [2.75, 3.05) is 13.2 Å². The molecule has 1 aliphatic heterocycles. The van der Waals surface area contributed by atoms with Gasteiger partial charge in [-0.25, -0.2) is 0 Å². The molecule has 1 aliphatic rings. The largest absolute Gasteiger partial charge is 0.394 e. The van der Waals surface area contributed by atoms with Crippen molar-refractivity contribution in [1.29, 1.82) is 0 Å². The van der Waals surface area contributed by atoms with Crippen LogP contribution >= 0.6 is 0 Å². The molecule has 0 radical (unpaired) electrons. The summed E-state index contributed by atoms with van der Waals surface area (Å²) in [5, 5.41) is 17.7. The van der Waals surface area contributed by atoms with Gasteiger partial charge in [0.15, 0.2) is 5.79 Å². The molecule has 66 valence electrons. The summed E-state index contributed by atoms with van der Waals surface area (Å²) in [5.41, 5.74) is 0. The first kappa shape index (κ1) is 8.93. The Morgan fingerprint density at radius 1 is 1.64 bits per heavy atom. The van der Waals surface area contributed by atoms with E-state index in [0.717, 1.165) is 0 Å². The van der Waals surface area contributed by atoms with Gasteiger partial charge >= 0.3 is 0 Å². The molecule has 0 bridgehead atoms. The number of hydrogen-bond donors (Lipinski definition) is 2. The van der Waals surface area contributed by atoms with Crippen LogP contribution in [0.3, 0.4) is 0 Å². The third-order valence-corrected chi connectivity index (χ3v) is 1.65. The third-order valence-electron chi connectivity index (χ3n) is 1.65. The summed E-state index contributed by atoms with van der Waals surface area (Å²) in [7, 11) is 0. The summed E-state index contributed by atoms with van der Waals surface area (Å²) in [6.07, 6.45) is -1.23. The monoisotopic (exact) mass is 162 g/mol. The van der Waals surface area contributed by atoms with Crippen molar-refractivity contribution in [1.82, 2.24) is 0 Å². The summed E-state index contributed by atoms with van der Waals surface area (Å²) in [5.74, 6) is -0.624. The summed E-state index contributed by atoms with van der Waals surface area (Å²) in [4.78, 5) is 0. The van der Waals surface area contributed by atoms with E-state index in [4.69, 9.17) is 19.7 Å². The molecule has 0 saturated carbocycles. The van der Waals surface area contributed by atoms with Crippen LogP contribution in [0.15, 0.2) is 0 Å². The van der Waals surface area contributed by atoms with Gasteiger partial charge in [0.05, 0.1) is 13.2 Å². The maximum absolute atomic E-state index is 9.13. The molecule has 1 heterocycles. The van der Waals surface area contributed by atoms with E-state index in [2.05, 4.69) is 0 Å². The van der Waals surface area contributed by atoms with Crippen molar-refractivity contribution in [2.24, 2.45) is 0 Å². The van der Waals surface area contributed by atoms with E-state index in [1.807, 2.05) is 0 Å². The van der Waals surface area contributed by atoms with Crippen LogP contribution in [0.4, 0.5) is 0 Å². The van der Waals surface area contributed by atoms with E-state index in [1.165, 1.54) is 0 Å². The Bertz CT molecular complexity index is 134. The molecule has 0 spiro atoms. The molecular formula is C7H14O4. The van der Waals surface area contributed by atoms with Crippen molar-refractivity contribution < 1.29 is 19.7 Å². The maximum atomic E-state index is 9.13.